The molecule has 0 bridgehead atoms. The first-order valence-electron chi connectivity index (χ1n) is 7.94. The van der Waals surface area contributed by atoms with Crippen LogP contribution in [-0.4, -0.2) is 58.2 Å². The Morgan fingerprint density at radius 3 is 1.65 bits per heavy atom. The summed E-state index contributed by atoms with van der Waals surface area (Å²) >= 11 is 0. The van der Waals surface area contributed by atoms with Crippen molar-refractivity contribution in [2.75, 3.05) is 27.7 Å². The van der Waals surface area contributed by atoms with E-state index in [1.165, 1.54) is 45.1 Å². The molecule has 0 aromatic heterocycles. The Kier molecular flexibility index (Phi) is 11.4. The van der Waals surface area contributed by atoms with Gasteiger partial charge in [-0.2, -0.15) is 34.8 Å². The molecule has 5 nitrogen and oxygen atoms in total. The molecule has 0 aromatic carbocycles. The monoisotopic (exact) mass is 417 g/mol. The lowest BCUT2D eigenvalue weighted by atomic mass is 10.1. The van der Waals surface area contributed by atoms with Crippen LogP contribution in [0.1, 0.15) is 45.4 Å². The summed E-state index contributed by atoms with van der Waals surface area (Å²) < 4.78 is 89.0. The number of quaternary nitrogens is 1. The Balaban J connectivity index is 0. The van der Waals surface area contributed by atoms with Gasteiger partial charge in [-0.1, -0.05) is 32.6 Å². The molecule has 1 N–H and O–H groups in total. The van der Waals surface area contributed by atoms with Crippen LogP contribution in [0.3, 0.4) is 0 Å². The number of unbranched alkanes of at least 4 members (excludes halogenated alkanes) is 5. The summed E-state index contributed by atoms with van der Waals surface area (Å²) in [4.78, 5) is 9.81. The number of nitrogens with zero attached hydrogens (tertiary/aromatic N) is 1. The van der Waals surface area contributed by atoms with Gasteiger partial charge in [-0.25, -0.2) is 4.72 Å². The first-order valence-corrected chi connectivity index (χ1v) is 9.43. The Morgan fingerprint density at radius 2 is 1.31 bits per heavy atom. The third kappa shape index (κ3) is 14.2. The van der Waals surface area contributed by atoms with Gasteiger partial charge in [0.2, 0.25) is 0 Å². The summed E-state index contributed by atoms with van der Waals surface area (Å²) in [5.41, 5.74) is -5.96. The van der Waals surface area contributed by atoms with E-state index in [0.717, 1.165) is 4.48 Å². The lowest BCUT2D eigenvalue weighted by molar-refractivity contribution is -0.870. The Bertz CT molecular complexity index is 510. The molecule has 0 unspecified atom stereocenters. The molecule has 0 aliphatic heterocycles. The molecule has 0 fully saturated rings. The van der Waals surface area contributed by atoms with Crippen LogP contribution >= 0.6 is 0 Å². The highest BCUT2D eigenvalue weighted by atomic mass is 32.2. The van der Waals surface area contributed by atoms with Crippen molar-refractivity contribution >= 4 is 15.9 Å². The molecule has 0 heterocycles. The second-order valence-corrected chi connectivity index (χ2v) is 8.33. The maximum atomic E-state index is 11.4. The van der Waals surface area contributed by atoms with Gasteiger partial charge in [0, 0.05) is 0 Å². The fourth-order valence-electron chi connectivity index (χ4n) is 1.60. The highest BCUT2D eigenvalue weighted by Crippen LogP contribution is 2.23. The van der Waals surface area contributed by atoms with Gasteiger partial charge in [0.15, 0.2) is 0 Å². The van der Waals surface area contributed by atoms with Gasteiger partial charge < -0.3 is 4.48 Å². The number of halogens is 6. The quantitative estimate of drug-likeness (QED) is 0.373. The Labute approximate surface area is 150 Å². The minimum absolute atomic E-state index is 0.181. The van der Waals surface area contributed by atoms with Gasteiger partial charge in [-0.15, -0.1) is 0 Å². The SMILES string of the molecule is CCCCCCCC[N+](C)(C)C.O=C(NS(=O)(=O)C(F)(F)F)C(F)(F)F. The largest absolute Gasteiger partial charge is 0.516 e. The second-order valence-electron chi connectivity index (χ2n) is 6.66. The van der Waals surface area contributed by atoms with Crippen molar-refractivity contribution in [2.45, 2.75) is 57.1 Å². The van der Waals surface area contributed by atoms with E-state index in [4.69, 9.17) is 0 Å². The highest BCUT2D eigenvalue weighted by molar-refractivity contribution is 7.90. The van der Waals surface area contributed by atoms with Crippen LogP contribution in [0.25, 0.3) is 0 Å². The molecular weight excluding hydrogens is 390 g/mol. The molecule has 0 atom stereocenters. The Morgan fingerprint density at radius 1 is 0.885 bits per heavy atom. The smallest absolute Gasteiger partial charge is 0.331 e. The molecule has 0 aliphatic carbocycles. The maximum absolute atomic E-state index is 11.4. The first kappa shape index (κ1) is 27.2. The molecule has 12 heteroatoms. The number of hydrogen-bond acceptors (Lipinski definition) is 3. The molecule has 158 valence electrons. The summed E-state index contributed by atoms with van der Waals surface area (Å²) in [6.07, 6.45) is 2.78. The Hall–Kier alpha value is -1.04. The van der Waals surface area contributed by atoms with Gasteiger partial charge >= 0.3 is 27.6 Å². The molecule has 0 aliphatic rings. The van der Waals surface area contributed by atoms with Crippen molar-refractivity contribution in [3.05, 3.63) is 0 Å². The predicted molar refractivity (Wildman–Crippen MR) is 85.4 cm³/mol. The zero-order valence-electron chi connectivity index (χ0n) is 15.3. The minimum Gasteiger partial charge on any atom is -0.331 e. The number of hydrogen-bond donors (Lipinski definition) is 1. The molecule has 0 saturated heterocycles. The predicted octanol–water partition coefficient (Wildman–Crippen LogP) is 3.57. The van der Waals surface area contributed by atoms with Gasteiger partial charge in [-0.05, 0) is 12.8 Å². The third-order valence-corrected chi connectivity index (χ3v) is 4.04. The van der Waals surface area contributed by atoms with Crippen LogP contribution in [0.2, 0.25) is 0 Å². The molecule has 0 rings (SSSR count). The summed E-state index contributed by atoms with van der Waals surface area (Å²) in [5.74, 6) is -3.20. The molecule has 26 heavy (non-hydrogen) atoms. The van der Waals surface area contributed by atoms with Crippen LogP contribution in [-0.2, 0) is 14.8 Å². The lowest BCUT2D eigenvalue weighted by Gasteiger charge is -2.23. The van der Waals surface area contributed by atoms with Crippen LogP contribution < -0.4 is 4.72 Å². The number of nitrogens with one attached hydrogen (secondary N) is 1. The van der Waals surface area contributed by atoms with Gasteiger partial charge in [0.05, 0.1) is 27.7 Å². The third-order valence-electron chi connectivity index (χ3n) is 2.97. The van der Waals surface area contributed by atoms with E-state index in [-0.39, 0.29) is 4.72 Å². The maximum Gasteiger partial charge on any atom is 0.516 e. The van der Waals surface area contributed by atoms with E-state index in [1.807, 2.05) is 0 Å². The number of amides is 1. The summed E-state index contributed by atoms with van der Waals surface area (Å²) in [6, 6.07) is 0. The van der Waals surface area contributed by atoms with E-state index < -0.39 is 27.6 Å². The van der Waals surface area contributed by atoms with E-state index >= 15 is 0 Å². The summed E-state index contributed by atoms with van der Waals surface area (Å²) in [5, 5.41) is 0. The summed E-state index contributed by atoms with van der Waals surface area (Å²) in [6.45, 7) is 3.60. The van der Waals surface area contributed by atoms with Crippen LogP contribution in [0.4, 0.5) is 26.3 Å². The van der Waals surface area contributed by atoms with Crippen molar-refractivity contribution in [1.82, 2.24) is 4.72 Å². The van der Waals surface area contributed by atoms with Gasteiger partial charge in [0.25, 0.3) is 0 Å². The topological polar surface area (TPSA) is 63.2 Å². The van der Waals surface area contributed by atoms with Crippen molar-refractivity contribution in [3.8, 4) is 0 Å². The normalized spacial score (nSPS) is 13.0. The number of carbonyl (C=O) groups excluding carboxylic acids is 1. The molecular formula is C14H27F6N2O3S+. The number of alkyl halides is 6. The average molecular weight is 417 g/mol. The average Bonchev–Trinajstić information content (AvgIpc) is 2.39. The van der Waals surface area contributed by atoms with E-state index in [0.29, 0.717) is 0 Å². The van der Waals surface area contributed by atoms with Gasteiger partial charge in [0.1, 0.15) is 0 Å². The van der Waals surface area contributed by atoms with E-state index in [2.05, 4.69) is 28.1 Å². The molecule has 0 spiro atoms. The molecule has 1 amide bonds. The zero-order chi connectivity index (χ0) is 21.2. The highest BCUT2D eigenvalue weighted by Gasteiger charge is 2.51. The standard InChI is InChI=1S/C11H26N.C3HF6NO3S/c1-5-6-7-8-9-10-11-12(2,3)4;4-2(5,6)1(11)10-14(12,13)3(7,8)9/h5-11H2,1-4H3;(H,10,11)/q+1;. The molecule has 0 saturated carbocycles. The number of rotatable bonds is 8. The van der Waals surface area contributed by atoms with Crippen LogP contribution in [0.15, 0.2) is 0 Å². The lowest BCUT2D eigenvalue weighted by Crippen LogP contribution is -2.46. The number of carbonyl (C=O) groups is 1. The molecule has 0 aromatic rings. The van der Waals surface area contributed by atoms with Crippen molar-refractivity contribution in [2.24, 2.45) is 0 Å². The van der Waals surface area contributed by atoms with Crippen molar-refractivity contribution < 1.29 is 44.0 Å². The van der Waals surface area contributed by atoms with E-state index in [1.54, 1.807) is 0 Å². The molecule has 0 radical (unpaired) electrons. The fourth-order valence-corrected chi connectivity index (χ4v) is 2.08. The first-order chi connectivity index (χ1) is 11.4. The van der Waals surface area contributed by atoms with E-state index in [9.17, 15) is 39.6 Å². The summed E-state index contributed by atoms with van der Waals surface area (Å²) in [7, 11) is 0.510. The van der Waals surface area contributed by atoms with Crippen molar-refractivity contribution in [3.63, 3.8) is 0 Å². The number of sulfonamides is 1. The fraction of sp³-hybridized carbons (Fsp3) is 0.929. The second kappa shape index (κ2) is 11.0. The van der Waals surface area contributed by atoms with Crippen molar-refractivity contribution in [1.29, 1.82) is 0 Å². The van der Waals surface area contributed by atoms with Gasteiger partial charge in [-0.3, -0.25) is 4.79 Å². The van der Waals surface area contributed by atoms with Crippen LogP contribution in [0.5, 0.6) is 0 Å². The zero-order valence-corrected chi connectivity index (χ0v) is 16.1. The van der Waals surface area contributed by atoms with Crippen LogP contribution in [0, 0.1) is 0 Å². The minimum atomic E-state index is -6.30.